The molecule has 0 radical (unpaired) electrons. The summed E-state index contributed by atoms with van der Waals surface area (Å²) >= 11 is 0. The second kappa shape index (κ2) is 10.2. The zero-order valence-corrected chi connectivity index (χ0v) is 17.4. The van der Waals surface area contributed by atoms with Crippen LogP contribution in [-0.2, 0) is 6.54 Å². The smallest absolute Gasteiger partial charge is 0.311 e. The number of rotatable bonds is 11. The normalized spacial score (nSPS) is 11.5. The number of aromatic nitrogens is 5. The van der Waals surface area contributed by atoms with E-state index in [4.69, 9.17) is 0 Å². The van der Waals surface area contributed by atoms with Gasteiger partial charge >= 0.3 is 11.4 Å². The highest BCUT2D eigenvalue weighted by molar-refractivity contribution is 5.81. The lowest BCUT2D eigenvalue weighted by Gasteiger charge is -2.16. The number of pyridine rings is 1. The lowest BCUT2D eigenvalue weighted by Crippen LogP contribution is -2.30. The first kappa shape index (κ1) is 21.7. The lowest BCUT2D eigenvalue weighted by molar-refractivity contribution is 0.536. The zero-order valence-electron chi connectivity index (χ0n) is 17.4. The molecule has 0 aromatic carbocycles. The molecule has 3 N–H and O–H groups in total. The first-order chi connectivity index (χ1) is 14.5. The number of fused-ring (bicyclic) bond motifs is 2. The summed E-state index contributed by atoms with van der Waals surface area (Å²) in [4.78, 5) is 58.8. The third kappa shape index (κ3) is 5.14. The lowest BCUT2D eigenvalue weighted by atomic mass is 10.1. The van der Waals surface area contributed by atoms with Crippen molar-refractivity contribution < 1.29 is 0 Å². The van der Waals surface area contributed by atoms with Gasteiger partial charge in [-0.3, -0.25) is 24.5 Å². The van der Waals surface area contributed by atoms with Gasteiger partial charge in [-0.1, -0.05) is 64.7 Å². The van der Waals surface area contributed by atoms with E-state index in [1.165, 1.54) is 51.0 Å². The van der Waals surface area contributed by atoms with E-state index >= 15 is 0 Å². The molecule has 2 aliphatic rings. The molecule has 0 fully saturated rings. The highest BCUT2D eigenvalue weighted by atomic mass is 16.2. The van der Waals surface area contributed by atoms with Crippen molar-refractivity contribution in [1.29, 1.82) is 0 Å². The highest BCUT2D eigenvalue weighted by Gasteiger charge is 2.18. The molecule has 0 unspecified atom stereocenters. The van der Waals surface area contributed by atoms with Crippen molar-refractivity contribution in [3.8, 4) is 11.4 Å². The molecule has 3 heterocycles. The van der Waals surface area contributed by atoms with E-state index in [-0.39, 0.29) is 22.4 Å². The molecule has 1 aromatic heterocycles. The zero-order chi connectivity index (χ0) is 21.5. The summed E-state index contributed by atoms with van der Waals surface area (Å²) < 4.78 is 1.60. The Morgan fingerprint density at radius 1 is 0.800 bits per heavy atom. The fourth-order valence-corrected chi connectivity index (χ4v) is 3.84. The third-order valence-corrected chi connectivity index (χ3v) is 5.42. The van der Waals surface area contributed by atoms with Crippen molar-refractivity contribution >= 4 is 11.0 Å². The number of aromatic amines is 3. The van der Waals surface area contributed by atoms with E-state index in [1.54, 1.807) is 4.57 Å². The number of hydrogen-bond acceptors (Lipinski definition) is 5. The molecule has 0 aliphatic carbocycles. The van der Waals surface area contributed by atoms with Crippen LogP contribution in [0.4, 0.5) is 0 Å². The van der Waals surface area contributed by atoms with Gasteiger partial charge in [-0.2, -0.15) is 4.98 Å². The Labute approximate surface area is 172 Å². The molecule has 162 valence electrons. The maximum Gasteiger partial charge on any atom is 0.349 e. The van der Waals surface area contributed by atoms with Gasteiger partial charge in [0.1, 0.15) is 5.65 Å². The summed E-state index contributed by atoms with van der Waals surface area (Å²) in [5.74, 6) is 0.174. The molecule has 0 saturated heterocycles. The maximum atomic E-state index is 12.2. The van der Waals surface area contributed by atoms with E-state index in [9.17, 15) is 19.2 Å². The topological polar surface area (TPSA) is 133 Å². The first-order valence-electron chi connectivity index (χ1n) is 10.8. The minimum atomic E-state index is -0.754. The summed E-state index contributed by atoms with van der Waals surface area (Å²) in [5.41, 5.74) is -2.17. The first-order valence-corrected chi connectivity index (χ1v) is 10.8. The minimum absolute atomic E-state index is 0.145. The van der Waals surface area contributed by atoms with E-state index in [0.29, 0.717) is 6.54 Å². The molecule has 30 heavy (non-hydrogen) atoms. The molecule has 9 nitrogen and oxygen atoms in total. The Hall–Kier alpha value is -2.97. The van der Waals surface area contributed by atoms with Gasteiger partial charge in [0.15, 0.2) is 5.82 Å². The molecule has 0 amide bonds. The minimum Gasteiger partial charge on any atom is -0.311 e. The van der Waals surface area contributed by atoms with Gasteiger partial charge < -0.3 is 4.57 Å². The number of H-pyrrole nitrogens is 3. The Balaban J connectivity index is 1.74. The van der Waals surface area contributed by atoms with E-state index < -0.39 is 22.5 Å². The number of nitrogens with zero attached hydrogens (tertiary/aromatic N) is 2. The molecule has 9 heteroatoms. The van der Waals surface area contributed by atoms with E-state index in [1.807, 2.05) is 0 Å². The van der Waals surface area contributed by atoms with E-state index in [2.05, 4.69) is 26.9 Å². The fraction of sp³-hybridized carbons (Fsp3) is 0.571. The maximum absolute atomic E-state index is 12.2. The van der Waals surface area contributed by atoms with Gasteiger partial charge in [0.05, 0.1) is 10.9 Å². The number of aryl methyl sites for hydroxylation is 1. The van der Waals surface area contributed by atoms with Crippen LogP contribution in [0.3, 0.4) is 0 Å². The molecular formula is C21H29N5O4. The van der Waals surface area contributed by atoms with Gasteiger partial charge in [0.2, 0.25) is 0 Å². The third-order valence-electron chi connectivity index (χ3n) is 5.42. The van der Waals surface area contributed by atoms with Crippen LogP contribution in [-0.4, -0.2) is 24.5 Å². The molecule has 2 aliphatic heterocycles. The summed E-state index contributed by atoms with van der Waals surface area (Å²) in [5, 5.41) is 0.181. The Morgan fingerprint density at radius 2 is 1.43 bits per heavy atom. The van der Waals surface area contributed by atoms with Crippen LogP contribution in [0.25, 0.3) is 22.4 Å². The van der Waals surface area contributed by atoms with Gasteiger partial charge in [0, 0.05) is 6.54 Å². The average Bonchev–Trinajstić information content (AvgIpc) is 2.69. The van der Waals surface area contributed by atoms with Crippen molar-refractivity contribution in [1.82, 2.24) is 24.5 Å². The molecule has 3 rings (SSSR count). The Kier molecular flexibility index (Phi) is 7.37. The van der Waals surface area contributed by atoms with Gasteiger partial charge in [-0.05, 0) is 12.5 Å². The Bertz CT molecular complexity index is 1180. The summed E-state index contributed by atoms with van der Waals surface area (Å²) in [7, 11) is 0. The summed E-state index contributed by atoms with van der Waals surface area (Å²) in [6.07, 6.45) is 11.7. The quantitative estimate of drug-likeness (QED) is 0.327. The Morgan fingerprint density at radius 3 is 2.10 bits per heavy atom. The van der Waals surface area contributed by atoms with Gasteiger partial charge in [0.25, 0.3) is 11.1 Å². The van der Waals surface area contributed by atoms with Crippen LogP contribution in [0.1, 0.15) is 71.1 Å². The largest absolute Gasteiger partial charge is 0.349 e. The second-order valence-electron chi connectivity index (χ2n) is 7.76. The molecule has 0 atom stereocenters. The van der Waals surface area contributed by atoms with Crippen molar-refractivity contribution in [3.05, 3.63) is 47.7 Å². The highest BCUT2D eigenvalue weighted by Crippen LogP contribution is 2.20. The fourth-order valence-electron chi connectivity index (χ4n) is 3.84. The van der Waals surface area contributed by atoms with Crippen molar-refractivity contribution in [3.63, 3.8) is 0 Å². The predicted molar refractivity (Wildman–Crippen MR) is 116 cm³/mol. The van der Waals surface area contributed by atoms with Crippen molar-refractivity contribution in [2.45, 2.75) is 77.7 Å². The average molecular weight is 415 g/mol. The molecule has 0 spiro atoms. The number of hydrogen-bond donors (Lipinski definition) is 3. The van der Waals surface area contributed by atoms with Crippen LogP contribution in [0.5, 0.6) is 0 Å². The monoisotopic (exact) mass is 415 g/mol. The van der Waals surface area contributed by atoms with E-state index in [0.717, 1.165) is 19.3 Å². The van der Waals surface area contributed by atoms with Crippen LogP contribution < -0.4 is 22.5 Å². The van der Waals surface area contributed by atoms with Crippen molar-refractivity contribution in [2.75, 3.05) is 0 Å². The van der Waals surface area contributed by atoms with Crippen LogP contribution in [0.2, 0.25) is 0 Å². The molecule has 1 aromatic rings. The van der Waals surface area contributed by atoms with Gasteiger partial charge in [-0.15, -0.1) is 0 Å². The number of unbranched alkanes of at least 4 members (excludes halogenated alkanes) is 9. The summed E-state index contributed by atoms with van der Waals surface area (Å²) in [6, 6.07) is 1.36. The van der Waals surface area contributed by atoms with Gasteiger partial charge in [-0.25, -0.2) is 9.59 Å². The van der Waals surface area contributed by atoms with Crippen LogP contribution >= 0.6 is 0 Å². The summed E-state index contributed by atoms with van der Waals surface area (Å²) in [6.45, 7) is 2.66. The molecule has 0 bridgehead atoms. The number of nitrogens with one attached hydrogen (secondary N) is 3. The van der Waals surface area contributed by atoms with Crippen LogP contribution in [0.15, 0.2) is 25.2 Å². The standard InChI is InChI=1S/C21H29N5O4/c1-2-3-4-5-6-7-8-9-10-11-12-26-16-14(18(27)24-20(29)22-16)13-15-17(26)23-21(30)25-19(15)28/h13H,2-12H2,1H3,(H,24,27,29)(H2,23,25,28,30). The van der Waals surface area contributed by atoms with Crippen LogP contribution in [0, 0.1) is 0 Å². The molecular weight excluding hydrogens is 386 g/mol. The predicted octanol–water partition coefficient (Wildman–Crippen LogP) is 2.49. The molecule has 0 saturated carbocycles. The second-order valence-corrected chi connectivity index (χ2v) is 7.76. The SMILES string of the molecule is CCCCCCCCCCCCn1c2nc(=O)[nH]c(=O)c-2cc2c(=O)[nH]c(=O)[nH]c21. The van der Waals surface area contributed by atoms with Crippen molar-refractivity contribution in [2.24, 2.45) is 0 Å².